The number of sulfonamides is 1. The zero-order valence-electron chi connectivity index (χ0n) is 15.8. The second-order valence-electron chi connectivity index (χ2n) is 6.54. The van der Waals surface area contributed by atoms with E-state index in [1.807, 2.05) is 0 Å². The number of nitrogens with one attached hydrogen (secondary N) is 3. The second kappa shape index (κ2) is 8.32. The maximum atomic E-state index is 12.8. The van der Waals surface area contributed by atoms with Gasteiger partial charge in [0.25, 0.3) is 21.5 Å². The molecule has 0 bridgehead atoms. The van der Waals surface area contributed by atoms with Crippen molar-refractivity contribution in [2.45, 2.75) is 4.90 Å². The predicted molar refractivity (Wildman–Crippen MR) is 122 cm³/mol. The highest BCUT2D eigenvalue weighted by Crippen LogP contribution is 2.22. The van der Waals surface area contributed by atoms with E-state index in [1.54, 1.807) is 54.6 Å². The van der Waals surface area contributed by atoms with Crippen LogP contribution >= 0.6 is 15.9 Å². The number of anilines is 2. The van der Waals surface area contributed by atoms with Crippen molar-refractivity contribution in [3.05, 3.63) is 93.3 Å². The van der Waals surface area contributed by atoms with Crippen LogP contribution in [-0.4, -0.2) is 24.5 Å². The van der Waals surface area contributed by atoms with E-state index in [4.69, 9.17) is 0 Å². The lowest BCUT2D eigenvalue weighted by Gasteiger charge is -2.11. The van der Waals surface area contributed by atoms with E-state index in [0.29, 0.717) is 16.5 Å². The van der Waals surface area contributed by atoms with Crippen molar-refractivity contribution in [2.75, 3.05) is 10.0 Å². The minimum atomic E-state index is -3.87. The number of carbonyl (C=O) groups excluding carboxylic acids is 1. The average molecular weight is 499 g/mol. The molecule has 1 aromatic heterocycles. The van der Waals surface area contributed by atoms with Crippen molar-refractivity contribution < 1.29 is 13.2 Å². The molecule has 1 heterocycles. The maximum Gasteiger partial charge on any atom is 0.276 e. The number of hydrogen-bond donors (Lipinski definition) is 3. The van der Waals surface area contributed by atoms with Gasteiger partial charge >= 0.3 is 0 Å². The fourth-order valence-corrected chi connectivity index (χ4v) is 4.32. The highest BCUT2D eigenvalue weighted by Gasteiger charge is 2.17. The number of amides is 1. The SMILES string of the molecule is O=C(Nc1cccc(S(=O)(=O)Nc2ccc(Br)cc2)c1)c1n[nH]c(=O)c2ccccc12. The van der Waals surface area contributed by atoms with E-state index in [0.717, 1.165) is 4.47 Å². The van der Waals surface area contributed by atoms with Crippen LogP contribution in [0.25, 0.3) is 10.8 Å². The van der Waals surface area contributed by atoms with E-state index in [9.17, 15) is 18.0 Å². The molecule has 0 saturated heterocycles. The Morgan fingerprint density at radius 2 is 1.61 bits per heavy atom. The Labute approximate surface area is 185 Å². The molecule has 0 atom stereocenters. The Morgan fingerprint density at radius 3 is 2.35 bits per heavy atom. The van der Waals surface area contributed by atoms with Gasteiger partial charge in [-0.3, -0.25) is 14.3 Å². The van der Waals surface area contributed by atoms with Crippen LogP contribution in [0.3, 0.4) is 0 Å². The molecule has 0 fully saturated rings. The number of H-pyrrole nitrogens is 1. The lowest BCUT2D eigenvalue weighted by molar-refractivity contribution is 0.102. The molecule has 0 saturated carbocycles. The number of fused-ring (bicyclic) bond motifs is 1. The zero-order valence-corrected chi connectivity index (χ0v) is 18.2. The molecule has 0 spiro atoms. The fourth-order valence-electron chi connectivity index (χ4n) is 2.95. The third-order valence-electron chi connectivity index (χ3n) is 4.41. The van der Waals surface area contributed by atoms with Gasteiger partial charge in [-0.15, -0.1) is 0 Å². The highest BCUT2D eigenvalue weighted by atomic mass is 79.9. The summed E-state index contributed by atoms with van der Waals surface area (Å²) in [7, 11) is -3.87. The molecule has 0 aliphatic rings. The third kappa shape index (κ3) is 4.49. The van der Waals surface area contributed by atoms with Gasteiger partial charge in [0.15, 0.2) is 5.69 Å². The van der Waals surface area contributed by atoms with E-state index < -0.39 is 21.5 Å². The molecule has 31 heavy (non-hydrogen) atoms. The zero-order chi connectivity index (χ0) is 22.0. The van der Waals surface area contributed by atoms with Crippen LogP contribution in [0.2, 0.25) is 0 Å². The minimum Gasteiger partial charge on any atom is -0.321 e. The van der Waals surface area contributed by atoms with Gasteiger partial charge in [0.1, 0.15) is 0 Å². The fraction of sp³-hybridized carbons (Fsp3) is 0. The van der Waals surface area contributed by atoms with Crippen LogP contribution in [0.5, 0.6) is 0 Å². The molecule has 8 nitrogen and oxygen atoms in total. The van der Waals surface area contributed by atoms with Crippen molar-refractivity contribution in [1.29, 1.82) is 0 Å². The number of hydrogen-bond acceptors (Lipinski definition) is 5. The van der Waals surface area contributed by atoms with Crippen LogP contribution in [0.1, 0.15) is 10.5 Å². The molecule has 1 amide bonds. The first-order valence-corrected chi connectivity index (χ1v) is 11.3. The molecule has 0 aliphatic carbocycles. The molecule has 0 unspecified atom stereocenters. The summed E-state index contributed by atoms with van der Waals surface area (Å²) in [4.78, 5) is 24.6. The number of benzene rings is 3. The topological polar surface area (TPSA) is 121 Å². The van der Waals surface area contributed by atoms with Crippen LogP contribution in [-0.2, 0) is 10.0 Å². The van der Waals surface area contributed by atoms with E-state index >= 15 is 0 Å². The number of halogens is 1. The van der Waals surface area contributed by atoms with Crippen molar-refractivity contribution >= 4 is 54.0 Å². The first-order chi connectivity index (χ1) is 14.8. The molecule has 0 radical (unpaired) electrons. The predicted octanol–water partition coefficient (Wildman–Crippen LogP) is 3.74. The highest BCUT2D eigenvalue weighted by molar-refractivity contribution is 9.10. The van der Waals surface area contributed by atoms with Gasteiger partial charge in [-0.25, -0.2) is 13.5 Å². The summed E-state index contributed by atoms with van der Waals surface area (Å²) in [6.45, 7) is 0. The van der Waals surface area contributed by atoms with Gasteiger partial charge in [0.2, 0.25) is 0 Å². The Balaban J connectivity index is 1.60. The smallest absolute Gasteiger partial charge is 0.276 e. The van der Waals surface area contributed by atoms with Gasteiger partial charge in [0.05, 0.1) is 10.3 Å². The average Bonchev–Trinajstić information content (AvgIpc) is 2.76. The van der Waals surface area contributed by atoms with Crippen LogP contribution in [0, 0.1) is 0 Å². The maximum absolute atomic E-state index is 12.8. The Bertz CT molecular complexity index is 1450. The second-order valence-corrected chi connectivity index (χ2v) is 9.14. The van der Waals surface area contributed by atoms with E-state index in [-0.39, 0.29) is 16.3 Å². The number of nitrogens with zero attached hydrogens (tertiary/aromatic N) is 1. The quantitative estimate of drug-likeness (QED) is 0.387. The molecule has 4 aromatic rings. The van der Waals surface area contributed by atoms with Gasteiger partial charge < -0.3 is 5.32 Å². The standard InChI is InChI=1S/C21H15BrN4O4S/c22-13-8-10-14(11-9-13)26-31(29,30)16-5-3-4-15(12-16)23-21(28)19-17-6-1-2-7-18(17)20(27)25-24-19/h1-12,26H,(H,23,28)(H,25,27). The number of aromatic nitrogens is 2. The molecule has 4 rings (SSSR count). The minimum absolute atomic E-state index is 0.0208. The van der Waals surface area contributed by atoms with Crippen molar-refractivity contribution in [1.82, 2.24) is 10.2 Å². The monoisotopic (exact) mass is 498 g/mol. The molecular formula is C21H15BrN4O4S. The normalized spacial score (nSPS) is 11.3. The number of aromatic amines is 1. The molecule has 10 heteroatoms. The summed E-state index contributed by atoms with van der Waals surface area (Å²) >= 11 is 3.30. The summed E-state index contributed by atoms with van der Waals surface area (Å²) in [6.07, 6.45) is 0. The number of rotatable bonds is 5. The van der Waals surface area contributed by atoms with Crippen LogP contribution in [0.4, 0.5) is 11.4 Å². The van der Waals surface area contributed by atoms with E-state index in [1.165, 1.54) is 18.2 Å². The molecule has 156 valence electrons. The first-order valence-electron chi connectivity index (χ1n) is 9.01. The van der Waals surface area contributed by atoms with Crippen molar-refractivity contribution in [3.63, 3.8) is 0 Å². The van der Waals surface area contributed by atoms with Crippen LogP contribution < -0.4 is 15.6 Å². The van der Waals surface area contributed by atoms with Gasteiger partial charge in [0, 0.05) is 21.2 Å². The Hall–Kier alpha value is -3.50. The largest absolute Gasteiger partial charge is 0.321 e. The Morgan fingerprint density at radius 1 is 0.903 bits per heavy atom. The summed E-state index contributed by atoms with van der Waals surface area (Å²) in [6, 6.07) is 19.1. The van der Waals surface area contributed by atoms with Gasteiger partial charge in [-0.2, -0.15) is 5.10 Å². The summed E-state index contributed by atoms with van der Waals surface area (Å²) < 4.78 is 28.8. The summed E-state index contributed by atoms with van der Waals surface area (Å²) in [5.74, 6) is -0.581. The third-order valence-corrected chi connectivity index (χ3v) is 6.32. The van der Waals surface area contributed by atoms with Crippen molar-refractivity contribution in [3.8, 4) is 0 Å². The summed E-state index contributed by atoms with van der Waals surface area (Å²) in [5.41, 5.74) is 0.290. The van der Waals surface area contributed by atoms with Gasteiger partial charge in [-0.05, 0) is 48.5 Å². The van der Waals surface area contributed by atoms with Crippen LogP contribution in [0.15, 0.2) is 87.0 Å². The molecule has 3 aromatic carbocycles. The summed E-state index contributed by atoms with van der Waals surface area (Å²) in [5, 5.41) is 9.51. The lowest BCUT2D eigenvalue weighted by Crippen LogP contribution is -2.19. The molecule has 0 aliphatic heterocycles. The van der Waals surface area contributed by atoms with Crippen molar-refractivity contribution in [2.24, 2.45) is 0 Å². The molecule has 3 N–H and O–H groups in total. The lowest BCUT2D eigenvalue weighted by atomic mass is 10.1. The Kier molecular flexibility index (Phi) is 5.57. The first kappa shape index (κ1) is 20.8. The molecular weight excluding hydrogens is 484 g/mol. The van der Waals surface area contributed by atoms with Gasteiger partial charge in [-0.1, -0.05) is 40.2 Å². The van der Waals surface area contributed by atoms with E-state index in [2.05, 4.69) is 36.2 Å². The number of carbonyl (C=O) groups is 1.